The fraction of sp³-hybridized carbons (Fsp3) is 0.241. The van der Waals surface area contributed by atoms with Crippen LogP contribution in [0.1, 0.15) is 19.4 Å². The van der Waals surface area contributed by atoms with Crippen LogP contribution in [-0.2, 0) is 11.0 Å². The van der Waals surface area contributed by atoms with Crippen LogP contribution < -0.4 is 15.0 Å². The summed E-state index contributed by atoms with van der Waals surface area (Å²) in [6.07, 6.45) is 0.825. The predicted molar refractivity (Wildman–Crippen MR) is 153 cm³/mol. The fourth-order valence-corrected chi connectivity index (χ4v) is 5.12. The molecule has 1 aromatic carbocycles. The summed E-state index contributed by atoms with van der Waals surface area (Å²) in [5.41, 5.74) is -0.416. The molecule has 1 N–H and O–H groups in total. The number of anilines is 3. The Labute approximate surface area is 243 Å². The summed E-state index contributed by atoms with van der Waals surface area (Å²) in [7, 11) is 0. The van der Waals surface area contributed by atoms with Gasteiger partial charge in [-0.1, -0.05) is 6.58 Å². The van der Waals surface area contributed by atoms with Crippen molar-refractivity contribution in [3.63, 3.8) is 0 Å². The van der Waals surface area contributed by atoms with E-state index in [0.717, 1.165) is 6.07 Å². The average Bonchev–Trinajstić information content (AvgIpc) is 3.44. The van der Waals surface area contributed by atoms with Gasteiger partial charge in [0.15, 0.2) is 11.5 Å². The Balaban J connectivity index is 1.30. The summed E-state index contributed by atoms with van der Waals surface area (Å²) in [6.45, 7) is 8.97. The number of hydrogen-bond donors (Lipinski definition) is 1. The van der Waals surface area contributed by atoms with E-state index >= 15 is 0 Å². The molecule has 43 heavy (non-hydrogen) atoms. The Morgan fingerprint density at radius 3 is 2.63 bits per heavy atom. The molecule has 6 rings (SSSR count). The van der Waals surface area contributed by atoms with Gasteiger partial charge in [0.1, 0.15) is 35.5 Å². The van der Waals surface area contributed by atoms with Crippen LogP contribution in [0.3, 0.4) is 0 Å². The van der Waals surface area contributed by atoms with Gasteiger partial charge in [-0.15, -0.1) is 0 Å². The number of carbonyl (C=O) groups excluding carboxylic acids is 1. The number of fused-ring (bicyclic) bond motifs is 2. The fourth-order valence-electron chi connectivity index (χ4n) is 5.12. The summed E-state index contributed by atoms with van der Waals surface area (Å²) in [5.74, 6) is 0.859. The van der Waals surface area contributed by atoms with Crippen LogP contribution in [-0.4, -0.2) is 65.5 Å². The summed E-state index contributed by atoms with van der Waals surface area (Å²) in [5, 5.41) is 6.81. The van der Waals surface area contributed by atoms with Crippen molar-refractivity contribution in [2.75, 3.05) is 29.9 Å². The van der Waals surface area contributed by atoms with Gasteiger partial charge in [-0.25, -0.2) is 24.5 Å². The summed E-state index contributed by atoms with van der Waals surface area (Å²) >= 11 is 0. The molecular weight excluding hydrogens is 563 g/mol. The minimum Gasteiger partial charge on any atom is -0.457 e. The average molecular weight is 590 g/mol. The van der Waals surface area contributed by atoms with Crippen molar-refractivity contribution in [2.45, 2.75) is 25.6 Å². The Morgan fingerprint density at radius 2 is 1.86 bits per heavy atom. The first kappa shape index (κ1) is 27.9. The number of piperazine rings is 1. The number of hydrogen-bond acceptors (Lipinski definition) is 9. The van der Waals surface area contributed by atoms with Crippen molar-refractivity contribution in [3.8, 4) is 11.5 Å². The Morgan fingerprint density at radius 1 is 1.05 bits per heavy atom. The zero-order valence-electron chi connectivity index (χ0n) is 23.2. The molecular formula is C29H26F3N9O2. The number of nitrogens with zero attached hydrogens (tertiary/aromatic N) is 8. The highest BCUT2D eigenvalue weighted by Crippen LogP contribution is 2.40. The molecule has 0 unspecified atom stereocenters. The van der Waals surface area contributed by atoms with Crippen LogP contribution in [0, 0.1) is 0 Å². The number of aromatic nitrogens is 6. The zero-order valence-corrected chi connectivity index (χ0v) is 23.2. The Bertz CT molecular complexity index is 1850. The SMILES string of the molecule is C=CC(=O)N1CCN(c2ccc3ncnc(Nc4ccc(Oc5ccn6ncnc6c5)cc4C(F)(F)F)c3n2)CC1(C)C. The van der Waals surface area contributed by atoms with Gasteiger partial charge in [-0.3, -0.25) is 4.79 Å². The molecule has 1 amide bonds. The number of carbonyl (C=O) groups is 1. The number of alkyl halides is 3. The maximum atomic E-state index is 14.2. The first-order valence-electron chi connectivity index (χ1n) is 13.3. The molecule has 220 valence electrons. The number of amides is 1. The van der Waals surface area contributed by atoms with Crippen LogP contribution >= 0.6 is 0 Å². The number of nitrogens with one attached hydrogen (secondary N) is 1. The van der Waals surface area contributed by atoms with E-state index in [9.17, 15) is 18.0 Å². The third-order valence-electron chi connectivity index (χ3n) is 7.17. The van der Waals surface area contributed by atoms with Gasteiger partial charge in [0.2, 0.25) is 5.91 Å². The molecule has 1 fully saturated rings. The minimum atomic E-state index is -4.70. The number of rotatable bonds is 6. The van der Waals surface area contributed by atoms with Crippen molar-refractivity contribution in [3.05, 3.63) is 79.5 Å². The van der Waals surface area contributed by atoms with E-state index in [4.69, 9.17) is 9.72 Å². The lowest BCUT2D eigenvalue weighted by Crippen LogP contribution is -2.61. The molecule has 5 aromatic rings. The minimum absolute atomic E-state index is 0.00797. The van der Waals surface area contributed by atoms with Crippen LogP contribution in [0.4, 0.5) is 30.5 Å². The van der Waals surface area contributed by atoms with Crippen molar-refractivity contribution in [1.29, 1.82) is 0 Å². The van der Waals surface area contributed by atoms with E-state index in [0.29, 0.717) is 47.9 Å². The van der Waals surface area contributed by atoms with E-state index in [1.54, 1.807) is 35.4 Å². The quantitative estimate of drug-likeness (QED) is 0.266. The predicted octanol–water partition coefficient (Wildman–Crippen LogP) is 5.24. The van der Waals surface area contributed by atoms with Crippen LogP contribution in [0.5, 0.6) is 11.5 Å². The third kappa shape index (κ3) is 5.50. The van der Waals surface area contributed by atoms with Crippen molar-refractivity contribution in [2.24, 2.45) is 0 Å². The van der Waals surface area contributed by atoms with Crippen LogP contribution in [0.15, 0.2) is 74.0 Å². The zero-order chi connectivity index (χ0) is 30.4. The second kappa shape index (κ2) is 10.5. The van der Waals surface area contributed by atoms with Gasteiger partial charge in [0.05, 0.1) is 22.3 Å². The molecule has 1 aliphatic rings. The van der Waals surface area contributed by atoms with Crippen molar-refractivity contribution < 1.29 is 22.7 Å². The van der Waals surface area contributed by atoms with E-state index in [-0.39, 0.29) is 23.2 Å². The molecule has 0 bridgehead atoms. The maximum absolute atomic E-state index is 14.2. The van der Waals surface area contributed by atoms with Crippen molar-refractivity contribution >= 4 is 39.9 Å². The van der Waals surface area contributed by atoms with Gasteiger partial charge in [0.25, 0.3) is 0 Å². The van der Waals surface area contributed by atoms with Gasteiger partial charge < -0.3 is 19.9 Å². The number of halogens is 3. The monoisotopic (exact) mass is 589 g/mol. The second-order valence-electron chi connectivity index (χ2n) is 10.5. The summed E-state index contributed by atoms with van der Waals surface area (Å²) < 4.78 is 49.9. The number of ether oxygens (including phenoxy) is 1. The number of pyridine rings is 2. The standard InChI is InChI=1S/C29H26F3N9O2/c1-4-25(42)40-12-11-39(15-28(40,2)3)23-8-7-22-26(38-23)27(35-16-33-22)37-21-6-5-18(13-20(21)29(30,31)32)43-19-9-10-41-24(14-19)34-17-36-41/h4-10,13-14,16-17H,1,11-12,15H2,2-3H3,(H,33,35,37). The van der Waals surface area contributed by atoms with Gasteiger partial charge >= 0.3 is 6.18 Å². The molecule has 4 aromatic heterocycles. The molecule has 0 atom stereocenters. The topological polar surface area (TPSA) is 114 Å². The normalized spacial score (nSPS) is 15.1. The first-order valence-corrected chi connectivity index (χ1v) is 13.3. The van der Waals surface area contributed by atoms with Crippen molar-refractivity contribution in [1.82, 2.24) is 34.4 Å². The molecule has 11 nitrogen and oxygen atoms in total. The third-order valence-corrected chi connectivity index (χ3v) is 7.17. The smallest absolute Gasteiger partial charge is 0.418 e. The van der Waals surface area contributed by atoms with Crippen LogP contribution in [0.25, 0.3) is 16.7 Å². The molecule has 1 aliphatic heterocycles. The lowest BCUT2D eigenvalue weighted by molar-refractivity contribution is -0.137. The Kier molecular flexibility index (Phi) is 6.83. The molecule has 5 heterocycles. The van der Waals surface area contributed by atoms with Gasteiger partial charge in [-0.2, -0.15) is 18.3 Å². The van der Waals surface area contributed by atoms with Crippen LogP contribution in [0.2, 0.25) is 0 Å². The molecule has 0 radical (unpaired) electrons. The van der Waals surface area contributed by atoms with Gasteiger partial charge in [0, 0.05) is 31.9 Å². The molecule has 1 saturated heterocycles. The molecule has 14 heteroatoms. The summed E-state index contributed by atoms with van der Waals surface area (Å²) in [6, 6.07) is 10.3. The molecule has 0 aliphatic carbocycles. The van der Waals surface area contributed by atoms with Gasteiger partial charge in [-0.05, 0) is 56.3 Å². The highest BCUT2D eigenvalue weighted by molar-refractivity contribution is 5.89. The highest BCUT2D eigenvalue weighted by atomic mass is 19.4. The lowest BCUT2D eigenvalue weighted by Gasteiger charge is -2.47. The van der Waals surface area contributed by atoms with E-state index in [1.165, 1.54) is 35.4 Å². The number of benzene rings is 1. The highest BCUT2D eigenvalue weighted by Gasteiger charge is 2.37. The molecule has 0 spiro atoms. The summed E-state index contributed by atoms with van der Waals surface area (Å²) in [4.78, 5) is 33.4. The Hall–Kier alpha value is -5.27. The van der Waals surface area contributed by atoms with E-state index in [1.807, 2.05) is 18.7 Å². The molecule has 0 saturated carbocycles. The largest absolute Gasteiger partial charge is 0.457 e. The first-order chi connectivity index (χ1) is 20.5. The van der Waals surface area contributed by atoms with E-state index < -0.39 is 17.3 Å². The van der Waals surface area contributed by atoms with E-state index in [2.05, 4.69) is 31.9 Å². The lowest BCUT2D eigenvalue weighted by atomic mass is 9.98. The second-order valence-corrected chi connectivity index (χ2v) is 10.5. The maximum Gasteiger partial charge on any atom is 0.418 e.